The summed E-state index contributed by atoms with van der Waals surface area (Å²) in [5.41, 5.74) is -0.146. The van der Waals surface area contributed by atoms with E-state index in [1.807, 2.05) is 25.1 Å². The largest absolute Gasteiger partial charge is 0.382 e. The molecular formula is C11H20N4O. The fraction of sp³-hybridized carbons (Fsp3) is 0.636. The molecule has 0 fully saturated rings. The van der Waals surface area contributed by atoms with Gasteiger partial charge in [0.2, 0.25) is 5.95 Å². The Morgan fingerprint density at radius 2 is 2.12 bits per heavy atom. The lowest BCUT2D eigenvalue weighted by molar-refractivity contribution is 0.158. The van der Waals surface area contributed by atoms with E-state index in [-0.39, 0.29) is 5.54 Å². The van der Waals surface area contributed by atoms with Crippen molar-refractivity contribution in [1.82, 2.24) is 9.97 Å². The van der Waals surface area contributed by atoms with E-state index in [0.29, 0.717) is 12.6 Å². The van der Waals surface area contributed by atoms with Crippen LogP contribution in [0, 0.1) is 0 Å². The zero-order chi connectivity index (χ0) is 12.2. The van der Waals surface area contributed by atoms with Crippen molar-refractivity contribution in [2.24, 2.45) is 0 Å². The summed E-state index contributed by atoms with van der Waals surface area (Å²) in [4.78, 5) is 10.4. The standard InChI is InChI=1S/C11H20N4O/c1-11(2,8-16-5)14-9-6-7-12-10(13-9)15(3)4/h6-7H,8H2,1-5H3,(H,12,13,14). The van der Waals surface area contributed by atoms with Crippen molar-refractivity contribution in [3.8, 4) is 0 Å². The van der Waals surface area contributed by atoms with Gasteiger partial charge in [-0.25, -0.2) is 4.98 Å². The van der Waals surface area contributed by atoms with Crippen LogP contribution in [0.5, 0.6) is 0 Å². The van der Waals surface area contributed by atoms with Gasteiger partial charge in [0.15, 0.2) is 0 Å². The number of ether oxygens (including phenoxy) is 1. The van der Waals surface area contributed by atoms with Gasteiger partial charge in [-0.2, -0.15) is 4.98 Å². The fourth-order valence-electron chi connectivity index (χ4n) is 1.38. The highest BCUT2D eigenvalue weighted by molar-refractivity contribution is 5.42. The topological polar surface area (TPSA) is 50.3 Å². The lowest BCUT2D eigenvalue weighted by atomic mass is 10.1. The van der Waals surface area contributed by atoms with E-state index in [9.17, 15) is 0 Å². The number of nitrogens with one attached hydrogen (secondary N) is 1. The molecule has 90 valence electrons. The Morgan fingerprint density at radius 3 is 2.69 bits per heavy atom. The van der Waals surface area contributed by atoms with E-state index in [2.05, 4.69) is 29.1 Å². The normalized spacial score (nSPS) is 11.3. The summed E-state index contributed by atoms with van der Waals surface area (Å²) in [6.07, 6.45) is 1.74. The van der Waals surface area contributed by atoms with Gasteiger partial charge < -0.3 is 15.0 Å². The minimum Gasteiger partial charge on any atom is -0.382 e. The first-order chi connectivity index (χ1) is 7.44. The second-order valence-electron chi connectivity index (χ2n) is 4.58. The summed E-state index contributed by atoms with van der Waals surface area (Å²) >= 11 is 0. The Kier molecular flexibility index (Phi) is 4.06. The molecule has 0 atom stereocenters. The predicted molar refractivity (Wildman–Crippen MR) is 65.9 cm³/mol. The van der Waals surface area contributed by atoms with Crippen LogP contribution in [0.2, 0.25) is 0 Å². The van der Waals surface area contributed by atoms with E-state index >= 15 is 0 Å². The number of hydrogen-bond donors (Lipinski definition) is 1. The lowest BCUT2D eigenvalue weighted by Crippen LogP contribution is -2.36. The quantitative estimate of drug-likeness (QED) is 0.819. The third-order valence-corrected chi connectivity index (χ3v) is 2.01. The smallest absolute Gasteiger partial charge is 0.226 e. The van der Waals surface area contributed by atoms with E-state index in [0.717, 1.165) is 5.82 Å². The molecule has 0 bridgehead atoms. The molecule has 0 aromatic carbocycles. The van der Waals surface area contributed by atoms with Crippen molar-refractivity contribution in [2.45, 2.75) is 19.4 Å². The molecule has 0 saturated carbocycles. The van der Waals surface area contributed by atoms with Crippen LogP contribution in [0.15, 0.2) is 12.3 Å². The fourth-order valence-corrected chi connectivity index (χ4v) is 1.38. The molecule has 0 aliphatic rings. The van der Waals surface area contributed by atoms with Crippen LogP contribution < -0.4 is 10.2 Å². The van der Waals surface area contributed by atoms with Crippen LogP contribution >= 0.6 is 0 Å². The van der Waals surface area contributed by atoms with Crippen molar-refractivity contribution in [2.75, 3.05) is 38.0 Å². The molecule has 0 spiro atoms. The molecule has 1 rings (SSSR count). The first-order valence-corrected chi connectivity index (χ1v) is 5.22. The van der Waals surface area contributed by atoms with Gasteiger partial charge in [0.25, 0.3) is 0 Å². The van der Waals surface area contributed by atoms with Gasteiger partial charge in [0, 0.05) is 27.4 Å². The van der Waals surface area contributed by atoms with Crippen molar-refractivity contribution in [1.29, 1.82) is 0 Å². The second-order valence-corrected chi connectivity index (χ2v) is 4.58. The molecule has 0 aliphatic carbocycles. The van der Waals surface area contributed by atoms with Gasteiger partial charge in [-0.05, 0) is 19.9 Å². The average Bonchev–Trinajstić information content (AvgIpc) is 2.17. The lowest BCUT2D eigenvalue weighted by Gasteiger charge is -2.26. The molecule has 0 saturated heterocycles. The molecule has 1 N–H and O–H groups in total. The van der Waals surface area contributed by atoms with E-state index in [4.69, 9.17) is 4.74 Å². The van der Waals surface area contributed by atoms with Gasteiger partial charge in [-0.1, -0.05) is 0 Å². The number of anilines is 2. The molecule has 0 radical (unpaired) electrons. The van der Waals surface area contributed by atoms with Gasteiger partial charge in [-0.15, -0.1) is 0 Å². The van der Waals surface area contributed by atoms with E-state index in [1.54, 1.807) is 13.3 Å². The summed E-state index contributed by atoms with van der Waals surface area (Å²) in [5.74, 6) is 1.50. The van der Waals surface area contributed by atoms with Crippen molar-refractivity contribution in [3.05, 3.63) is 12.3 Å². The summed E-state index contributed by atoms with van der Waals surface area (Å²) in [5, 5.41) is 3.31. The maximum absolute atomic E-state index is 5.14. The number of aromatic nitrogens is 2. The SMILES string of the molecule is COCC(C)(C)Nc1ccnc(N(C)C)n1. The minimum atomic E-state index is -0.146. The molecule has 1 aromatic heterocycles. The summed E-state index contributed by atoms with van der Waals surface area (Å²) in [6, 6.07) is 1.85. The van der Waals surface area contributed by atoms with Gasteiger partial charge in [0.1, 0.15) is 5.82 Å². The van der Waals surface area contributed by atoms with Gasteiger partial charge in [0.05, 0.1) is 12.1 Å². The molecule has 5 heteroatoms. The highest BCUT2D eigenvalue weighted by Crippen LogP contribution is 2.14. The molecular weight excluding hydrogens is 204 g/mol. The molecule has 0 unspecified atom stereocenters. The van der Waals surface area contributed by atoms with Gasteiger partial charge in [-0.3, -0.25) is 0 Å². The Hall–Kier alpha value is -1.36. The number of nitrogens with zero attached hydrogens (tertiary/aromatic N) is 3. The zero-order valence-corrected chi connectivity index (χ0v) is 10.6. The summed E-state index contributed by atoms with van der Waals surface area (Å²) in [6.45, 7) is 4.75. The van der Waals surface area contributed by atoms with Crippen LogP contribution in [-0.2, 0) is 4.74 Å². The molecule has 0 amide bonds. The first-order valence-electron chi connectivity index (χ1n) is 5.22. The van der Waals surface area contributed by atoms with Crippen molar-refractivity contribution in [3.63, 3.8) is 0 Å². The predicted octanol–water partition coefficient (Wildman–Crippen LogP) is 1.38. The zero-order valence-electron chi connectivity index (χ0n) is 10.6. The first kappa shape index (κ1) is 12.7. The summed E-state index contributed by atoms with van der Waals surface area (Å²) in [7, 11) is 5.52. The summed E-state index contributed by atoms with van der Waals surface area (Å²) < 4.78 is 5.14. The Balaban J connectivity index is 2.77. The van der Waals surface area contributed by atoms with E-state index in [1.165, 1.54) is 0 Å². The average molecular weight is 224 g/mol. The number of methoxy groups -OCH3 is 1. The number of rotatable bonds is 5. The Bertz CT molecular complexity index is 339. The third-order valence-electron chi connectivity index (χ3n) is 2.01. The monoisotopic (exact) mass is 224 g/mol. The maximum Gasteiger partial charge on any atom is 0.226 e. The highest BCUT2D eigenvalue weighted by atomic mass is 16.5. The molecule has 5 nitrogen and oxygen atoms in total. The highest BCUT2D eigenvalue weighted by Gasteiger charge is 2.17. The molecule has 1 heterocycles. The van der Waals surface area contributed by atoms with Crippen molar-refractivity contribution < 1.29 is 4.74 Å². The van der Waals surface area contributed by atoms with Gasteiger partial charge >= 0.3 is 0 Å². The molecule has 0 aliphatic heterocycles. The third kappa shape index (κ3) is 3.66. The molecule has 16 heavy (non-hydrogen) atoms. The van der Waals surface area contributed by atoms with Crippen molar-refractivity contribution >= 4 is 11.8 Å². The Morgan fingerprint density at radius 1 is 1.44 bits per heavy atom. The number of hydrogen-bond acceptors (Lipinski definition) is 5. The van der Waals surface area contributed by atoms with Crippen LogP contribution in [0.25, 0.3) is 0 Å². The second kappa shape index (κ2) is 5.12. The van der Waals surface area contributed by atoms with Crippen LogP contribution in [0.1, 0.15) is 13.8 Å². The minimum absolute atomic E-state index is 0.146. The van der Waals surface area contributed by atoms with E-state index < -0.39 is 0 Å². The molecule has 1 aromatic rings. The van der Waals surface area contributed by atoms with Crippen LogP contribution in [0.3, 0.4) is 0 Å². The van der Waals surface area contributed by atoms with Crippen LogP contribution in [-0.4, -0.2) is 43.3 Å². The van der Waals surface area contributed by atoms with Crippen LogP contribution in [0.4, 0.5) is 11.8 Å². The Labute approximate surface area is 96.8 Å². The maximum atomic E-state index is 5.14.